The van der Waals surface area contributed by atoms with E-state index in [0.29, 0.717) is 5.56 Å². The zero-order valence-electron chi connectivity index (χ0n) is 13.7. The van der Waals surface area contributed by atoms with Crippen LogP contribution in [0.25, 0.3) is 0 Å². The number of aliphatic hydroxyl groups excluding tert-OH is 1. The molecule has 0 aromatic carbocycles. The van der Waals surface area contributed by atoms with E-state index in [-0.39, 0.29) is 13.0 Å². The van der Waals surface area contributed by atoms with Gasteiger partial charge in [0.05, 0.1) is 24.9 Å². The summed E-state index contributed by atoms with van der Waals surface area (Å²) >= 11 is 0. The Hall–Kier alpha value is -1.51. The summed E-state index contributed by atoms with van der Waals surface area (Å²) in [4.78, 5) is 25.5. The van der Waals surface area contributed by atoms with Gasteiger partial charge in [-0.1, -0.05) is 0 Å². The number of aliphatic hydroxyl groups is 1. The zero-order chi connectivity index (χ0) is 17.9. The van der Waals surface area contributed by atoms with Crippen LogP contribution in [-0.4, -0.2) is 47.7 Å². The third-order valence-electron chi connectivity index (χ3n) is 3.89. The number of nitrogens with zero attached hydrogens (tertiary/aromatic N) is 1. The summed E-state index contributed by atoms with van der Waals surface area (Å²) in [5, 5.41) is 10.3. The van der Waals surface area contributed by atoms with Gasteiger partial charge < -0.3 is 18.9 Å². The van der Waals surface area contributed by atoms with Crippen molar-refractivity contribution in [1.82, 2.24) is 9.55 Å². The number of H-pyrrole nitrogens is 1. The molecule has 2 heterocycles. The van der Waals surface area contributed by atoms with Crippen molar-refractivity contribution < 1.29 is 23.5 Å². The fraction of sp³-hybridized carbons (Fsp3) is 0.571. The number of nitrogens with one attached hydrogen (secondary N) is 1. The molecule has 9 nitrogen and oxygen atoms in total. The third-order valence-corrected chi connectivity index (χ3v) is 5.45. The highest BCUT2D eigenvalue weighted by Crippen LogP contribution is 2.48. The van der Waals surface area contributed by atoms with Crippen LogP contribution in [0.5, 0.6) is 0 Å². The highest BCUT2D eigenvalue weighted by atomic mass is 31.2. The van der Waals surface area contributed by atoms with Gasteiger partial charge in [-0.05, 0) is 13.0 Å². The van der Waals surface area contributed by atoms with Gasteiger partial charge in [0.25, 0.3) is 5.56 Å². The smallest absolute Gasteiger partial charge is 0.353 e. The highest BCUT2D eigenvalue weighted by molar-refractivity contribution is 7.57. The molecule has 0 radical (unpaired) electrons. The lowest BCUT2D eigenvalue weighted by molar-refractivity contribution is -0.0599. The first-order chi connectivity index (χ1) is 11.3. The van der Waals surface area contributed by atoms with Crippen LogP contribution < -0.4 is 11.2 Å². The van der Waals surface area contributed by atoms with Gasteiger partial charge in [0.2, 0.25) is 0 Å². The molecule has 24 heavy (non-hydrogen) atoms. The molecular weight excluding hydrogens is 339 g/mol. The lowest BCUT2D eigenvalue weighted by atomic mass is 10.0. The van der Waals surface area contributed by atoms with Crippen molar-refractivity contribution in [3.8, 4) is 0 Å². The van der Waals surface area contributed by atoms with Gasteiger partial charge in [-0.15, -0.1) is 0 Å². The van der Waals surface area contributed by atoms with Crippen molar-refractivity contribution in [1.29, 1.82) is 0 Å². The molecule has 2 rings (SSSR count). The highest BCUT2D eigenvalue weighted by Gasteiger charge is 2.31. The van der Waals surface area contributed by atoms with E-state index in [1.165, 1.54) is 36.9 Å². The Morgan fingerprint density at radius 2 is 2.08 bits per heavy atom. The van der Waals surface area contributed by atoms with E-state index >= 15 is 0 Å². The van der Waals surface area contributed by atoms with Gasteiger partial charge in [-0.25, -0.2) is 4.79 Å². The van der Waals surface area contributed by atoms with Crippen LogP contribution in [0.15, 0.2) is 27.7 Å². The third kappa shape index (κ3) is 4.12. The van der Waals surface area contributed by atoms with Crippen molar-refractivity contribution in [3.05, 3.63) is 44.5 Å². The molecule has 0 amide bonds. The molecule has 3 atom stereocenters. The number of rotatable bonds is 5. The van der Waals surface area contributed by atoms with Gasteiger partial charge in [-0.3, -0.25) is 18.9 Å². The first-order valence-electron chi connectivity index (χ1n) is 7.32. The van der Waals surface area contributed by atoms with Crippen molar-refractivity contribution in [2.75, 3.05) is 20.8 Å². The quantitative estimate of drug-likeness (QED) is 0.735. The second-order valence-corrected chi connectivity index (χ2v) is 7.58. The van der Waals surface area contributed by atoms with E-state index in [4.69, 9.17) is 13.8 Å². The van der Waals surface area contributed by atoms with Crippen LogP contribution >= 0.6 is 7.60 Å². The molecule has 0 saturated carbocycles. The predicted octanol–water partition coefficient (Wildman–Crippen LogP) is 0.536. The van der Waals surface area contributed by atoms with Crippen molar-refractivity contribution >= 4 is 7.60 Å². The van der Waals surface area contributed by atoms with Crippen LogP contribution in [-0.2, 0) is 18.3 Å². The second kappa shape index (κ2) is 7.58. The molecule has 0 bridgehead atoms. The molecule has 1 aromatic heterocycles. The Morgan fingerprint density at radius 1 is 1.42 bits per heavy atom. The molecule has 1 saturated heterocycles. The summed E-state index contributed by atoms with van der Waals surface area (Å²) < 4.78 is 28.4. The monoisotopic (exact) mass is 360 g/mol. The summed E-state index contributed by atoms with van der Waals surface area (Å²) in [5.41, 5.74) is -0.696. The first-order valence-corrected chi connectivity index (χ1v) is 8.93. The normalized spacial score (nSPS) is 25.2. The molecule has 134 valence electrons. The van der Waals surface area contributed by atoms with Crippen molar-refractivity contribution in [2.45, 2.75) is 31.6 Å². The SMILES string of the molecule is COP(=O)(/C=C/C1C[C@@H](O)[C@H](n2cc(C)c(=O)[nH]c2=O)CO1)OC. The van der Waals surface area contributed by atoms with Gasteiger partial charge in [0.1, 0.15) is 0 Å². The minimum atomic E-state index is -3.30. The largest absolute Gasteiger partial charge is 0.391 e. The minimum Gasteiger partial charge on any atom is -0.391 e. The molecule has 1 aliphatic heterocycles. The number of hydrogen-bond donors (Lipinski definition) is 2. The number of aromatic amines is 1. The maximum atomic E-state index is 11.9. The van der Waals surface area contributed by atoms with Crippen LogP contribution in [0.3, 0.4) is 0 Å². The van der Waals surface area contributed by atoms with Gasteiger partial charge in [0.15, 0.2) is 0 Å². The predicted molar refractivity (Wildman–Crippen MR) is 86.2 cm³/mol. The van der Waals surface area contributed by atoms with Crippen molar-refractivity contribution in [2.24, 2.45) is 0 Å². The van der Waals surface area contributed by atoms with Crippen LogP contribution in [0, 0.1) is 6.92 Å². The van der Waals surface area contributed by atoms with E-state index in [1.807, 2.05) is 0 Å². The van der Waals surface area contributed by atoms with Crippen LogP contribution in [0.1, 0.15) is 18.0 Å². The minimum absolute atomic E-state index is 0.0613. The maximum absolute atomic E-state index is 11.9. The van der Waals surface area contributed by atoms with E-state index < -0.39 is 37.1 Å². The van der Waals surface area contributed by atoms with Gasteiger partial charge >= 0.3 is 13.3 Å². The van der Waals surface area contributed by atoms with E-state index in [0.717, 1.165) is 0 Å². The zero-order valence-corrected chi connectivity index (χ0v) is 14.6. The molecule has 1 aliphatic rings. The fourth-order valence-electron chi connectivity index (χ4n) is 2.43. The molecule has 1 aromatic rings. The van der Waals surface area contributed by atoms with Gasteiger partial charge in [-0.2, -0.15) is 0 Å². The summed E-state index contributed by atoms with van der Waals surface area (Å²) in [6.45, 7) is 1.63. The Bertz CT molecular complexity index is 761. The maximum Gasteiger partial charge on any atom is 0.353 e. The lowest BCUT2D eigenvalue weighted by Gasteiger charge is -2.33. The average Bonchev–Trinajstić information content (AvgIpc) is 2.56. The number of ether oxygens (including phenoxy) is 1. The molecule has 1 unspecified atom stereocenters. The van der Waals surface area contributed by atoms with Crippen LogP contribution in [0.4, 0.5) is 0 Å². The molecule has 0 aliphatic carbocycles. The molecule has 10 heteroatoms. The number of aromatic nitrogens is 2. The van der Waals surface area contributed by atoms with Gasteiger partial charge in [0, 0.05) is 38.2 Å². The lowest BCUT2D eigenvalue weighted by Crippen LogP contribution is -2.44. The number of hydrogen-bond acceptors (Lipinski definition) is 7. The molecule has 0 spiro atoms. The van der Waals surface area contributed by atoms with Crippen molar-refractivity contribution in [3.63, 3.8) is 0 Å². The van der Waals surface area contributed by atoms with E-state index in [2.05, 4.69) is 4.98 Å². The average molecular weight is 360 g/mol. The summed E-state index contributed by atoms with van der Waals surface area (Å²) in [7, 11) is -0.758. The Labute approximate surface area is 138 Å². The summed E-state index contributed by atoms with van der Waals surface area (Å²) in [5.74, 6) is 1.28. The Balaban J connectivity index is 2.13. The first kappa shape index (κ1) is 18.8. The Kier molecular flexibility index (Phi) is 5.95. The summed E-state index contributed by atoms with van der Waals surface area (Å²) in [6.07, 6.45) is 1.74. The van der Waals surface area contributed by atoms with E-state index in [9.17, 15) is 19.3 Å². The molecule has 1 fully saturated rings. The topological polar surface area (TPSA) is 120 Å². The summed E-state index contributed by atoms with van der Waals surface area (Å²) in [6, 6.07) is -0.616. The molecular formula is C14H21N2O7P. The molecule has 2 N–H and O–H groups in total. The van der Waals surface area contributed by atoms with E-state index in [1.54, 1.807) is 6.92 Å². The second-order valence-electron chi connectivity index (χ2n) is 5.47. The standard InChI is InChI=1S/C14H21N2O7P/c1-9-7-16(14(19)15-13(9)18)11-8-23-10(6-12(11)17)4-5-24(20,21-2)22-3/h4-5,7,10-12,17H,6,8H2,1-3H3,(H,15,18,19)/b5-4+/t10?,11-,12-/m1/s1. The number of aryl methyl sites for hydroxylation is 1. The fourth-order valence-corrected chi connectivity index (χ4v) is 3.22. The Morgan fingerprint density at radius 3 is 2.67 bits per heavy atom. The van der Waals surface area contributed by atoms with Crippen LogP contribution in [0.2, 0.25) is 0 Å².